The molecule has 0 heterocycles. The predicted molar refractivity (Wildman–Crippen MR) is 61.1 cm³/mol. The number of carbonyl (C=O) groups excluding carboxylic acids is 1. The van der Waals surface area contributed by atoms with Gasteiger partial charge in [0.05, 0.1) is 0 Å². The SMILES string of the molecule is CCO[Si](C)(OCC)C(=O)OC(C)(C)C. The third-order valence-electron chi connectivity index (χ3n) is 1.61. The maximum absolute atomic E-state index is 11.8. The van der Waals surface area contributed by atoms with Gasteiger partial charge in [0.15, 0.2) is 0 Å². The second-order valence-electron chi connectivity index (χ2n) is 4.31. The topological polar surface area (TPSA) is 44.8 Å². The van der Waals surface area contributed by atoms with E-state index in [2.05, 4.69) is 0 Å². The van der Waals surface area contributed by atoms with E-state index in [0.29, 0.717) is 13.2 Å². The van der Waals surface area contributed by atoms with Crippen LogP contribution >= 0.6 is 0 Å². The Balaban J connectivity index is 4.55. The third-order valence-corrected chi connectivity index (χ3v) is 4.13. The van der Waals surface area contributed by atoms with E-state index in [9.17, 15) is 4.79 Å². The van der Waals surface area contributed by atoms with Gasteiger partial charge in [-0.1, -0.05) is 0 Å². The maximum atomic E-state index is 11.8. The summed E-state index contributed by atoms with van der Waals surface area (Å²) >= 11 is 0. The highest BCUT2D eigenvalue weighted by atomic mass is 28.4. The van der Waals surface area contributed by atoms with Crippen LogP contribution in [0.2, 0.25) is 6.55 Å². The Kier molecular flexibility index (Phi) is 5.48. The molecule has 0 unspecified atom stereocenters. The molecule has 0 aliphatic heterocycles. The fourth-order valence-electron chi connectivity index (χ4n) is 1.08. The molecule has 0 atom stereocenters. The van der Waals surface area contributed by atoms with Crippen LogP contribution in [0.15, 0.2) is 0 Å². The van der Waals surface area contributed by atoms with Gasteiger partial charge in [0.2, 0.25) is 0 Å². The highest BCUT2D eigenvalue weighted by Crippen LogP contribution is 2.16. The summed E-state index contributed by atoms with van der Waals surface area (Å²) in [7, 11) is -2.82. The molecule has 5 heteroatoms. The summed E-state index contributed by atoms with van der Waals surface area (Å²) in [5.74, 6) is 0. The Labute approximate surface area is 93.2 Å². The molecule has 0 aromatic rings. The van der Waals surface area contributed by atoms with Gasteiger partial charge in [0.1, 0.15) is 5.60 Å². The first-order valence-electron chi connectivity index (χ1n) is 5.26. The zero-order chi connectivity index (χ0) is 12.1. The Morgan fingerprint density at radius 1 is 1.13 bits per heavy atom. The molecule has 0 spiro atoms. The maximum Gasteiger partial charge on any atom is 0.459 e. The van der Waals surface area contributed by atoms with E-state index in [1.165, 1.54) is 0 Å². The summed E-state index contributed by atoms with van der Waals surface area (Å²) in [6.07, 6.45) is 0. The summed E-state index contributed by atoms with van der Waals surface area (Å²) in [4.78, 5) is 11.8. The Morgan fingerprint density at radius 3 is 1.80 bits per heavy atom. The molecule has 90 valence electrons. The average molecular weight is 234 g/mol. The van der Waals surface area contributed by atoms with Crippen molar-refractivity contribution in [2.75, 3.05) is 13.2 Å². The van der Waals surface area contributed by atoms with Gasteiger partial charge in [0, 0.05) is 13.2 Å². The highest BCUT2D eigenvalue weighted by molar-refractivity contribution is 6.94. The molecule has 0 saturated carbocycles. The fraction of sp³-hybridized carbons (Fsp3) is 0.900. The van der Waals surface area contributed by atoms with Crippen LogP contribution in [-0.2, 0) is 13.6 Å². The summed E-state index contributed by atoms with van der Waals surface area (Å²) in [5.41, 5.74) is -0.849. The van der Waals surface area contributed by atoms with Crippen LogP contribution in [0.25, 0.3) is 0 Å². The number of hydrogen-bond donors (Lipinski definition) is 0. The van der Waals surface area contributed by atoms with Gasteiger partial charge in [-0.3, -0.25) is 4.79 Å². The monoisotopic (exact) mass is 234 g/mol. The quantitative estimate of drug-likeness (QED) is 0.686. The summed E-state index contributed by atoms with van der Waals surface area (Å²) in [6.45, 7) is 11.8. The first-order chi connectivity index (χ1) is 6.75. The molecule has 4 nitrogen and oxygen atoms in total. The standard InChI is InChI=1S/C10H22O4Si/c1-7-12-15(6,13-8-2)9(11)14-10(3,4)5/h7-8H2,1-6H3. The molecule has 0 amide bonds. The molecule has 0 aliphatic rings. The zero-order valence-electron chi connectivity index (χ0n) is 10.5. The molecular weight excluding hydrogens is 212 g/mol. The summed E-state index contributed by atoms with van der Waals surface area (Å²) < 4.78 is 16.1. The molecule has 0 radical (unpaired) electrons. The van der Waals surface area contributed by atoms with E-state index >= 15 is 0 Å². The van der Waals surface area contributed by atoms with Crippen LogP contribution in [0.1, 0.15) is 34.6 Å². The normalized spacial score (nSPS) is 12.7. The number of carbonyl (C=O) groups is 1. The van der Waals surface area contributed by atoms with Crippen LogP contribution in [-0.4, -0.2) is 33.0 Å². The van der Waals surface area contributed by atoms with Gasteiger partial charge >= 0.3 is 14.2 Å². The van der Waals surface area contributed by atoms with Crippen LogP contribution in [0.4, 0.5) is 4.79 Å². The zero-order valence-corrected chi connectivity index (χ0v) is 11.5. The van der Waals surface area contributed by atoms with E-state index in [1.54, 1.807) is 6.55 Å². The van der Waals surface area contributed by atoms with E-state index in [-0.39, 0.29) is 5.59 Å². The molecule has 0 rings (SSSR count). The number of ether oxygens (including phenoxy) is 1. The Morgan fingerprint density at radius 2 is 1.53 bits per heavy atom. The molecular formula is C10H22O4Si. The van der Waals surface area contributed by atoms with Gasteiger partial charge in [-0.2, -0.15) is 0 Å². The van der Waals surface area contributed by atoms with E-state index < -0.39 is 14.2 Å². The molecule has 15 heavy (non-hydrogen) atoms. The molecule has 0 bridgehead atoms. The lowest BCUT2D eigenvalue weighted by atomic mass is 10.2. The lowest BCUT2D eigenvalue weighted by Crippen LogP contribution is -2.50. The van der Waals surface area contributed by atoms with Crippen LogP contribution in [0, 0.1) is 0 Å². The minimum Gasteiger partial charge on any atom is -0.460 e. The van der Waals surface area contributed by atoms with Gasteiger partial charge in [-0.25, -0.2) is 0 Å². The molecule has 0 aromatic heterocycles. The molecule has 0 N–H and O–H groups in total. The fourth-order valence-corrected chi connectivity index (χ4v) is 2.99. The molecule has 0 aromatic carbocycles. The average Bonchev–Trinajstić information content (AvgIpc) is 2.01. The van der Waals surface area contributed by atoms with Crippen molar-refractivity contribution >= 4 is 14.2 Å². The van der Waals surface area contributed by atoms with Crippen molar-refractivity contribution in [3.8, 4) is 0 Å². The number of rotatable bonds is 5. The molecule has 0 fully saturated rings. The van der Waals surface area contributed by atoms with Gasteiger partial charge in [0.25, 0.3) is 0 Å². The summed E-state index contributed by atoms with van der Waals surface area (Å²) in [5, 5.41) is 0. The largest absolute Gasteiger partial charge is 0.460 e. The molecule has 0 saturated heterocycles. The predicted octanol–water partition coefficient (Wildman–Crippen LogP) is 2.65. The highest BCUT2D eigenvalue weighted by Gasteiger charge is 2.44. The van der Waals surface area contributed by atoms with Crippen LogP contribution < -0.4 is 0 Å². The lowest BCUT2D eigenvalue weighted by molar-refractivity contribution is 0.0564. The third kappa shape index (κ3) is 5.29. The second kappa shape index (κ2) is 5.63. The molecule has 0 aliphatic carbocycles. The minimum absolute atomic E-state index is 0.348. The first kappa shape index (κ1) is 14.6. The van der Waals surface area contributed by atoms with Gasteiger partial charge in [-0.15, -0.1) is 0 Å². The Bertz CT molecular complexity index is 204. The number of hydrogen-bond acceptors (Lipinski definition) is 4. The van der Waals surface area contributed by atoms with Crippen LogP contribution in [0.3, 0.4) is 0 Å². The minimum atomic E-state index is -2.82. The van der Waals surface area contributed by atoms with Gasteiger partial charge < -0.3 is 13.6 Å². The van der Waals surface area contributed by atoms with Crippen molar-refractivity contribution in [2.24, 2.45) is 0 Å². The van der Waals surface area contributed by atoms with Crippen LogP contribution in [0.5, 0.6) is 0 Å². The van der Waals surface area contributed by atoms with Crippen molar-refractivity contribution in [2.45, 2.75) is 46.8 Å². The van der Waals surface area contributed by atoms with Crippen molar-refractivity contribution in [1.82, 2.24) is 0 Å². The smallest absolute Gasteiger partial charge is 0.459 e. The summed E-state index contributed by atoms with van der Waals surface area (Å²) in [6, 6.07) is 0. The Hall–Kier alpha value is -0.393. The van der Waals surface area contributed by atoms with E-state index in [4.69, 9.17) is 13.6 Å². The van der Waals surface area contributed by atoms with Crippen molar-refractivity contribution in [3.63, 3.8) is 0 Å². The van der Waals surface area contributed by atoms with Crippen molar-refractivity contribution < 1.29 is 18.4 Å². The van der Waals surface area contributed by atoms with E-state index in [1.807, 2.05) is 34.6 Å². The van der Waals surface area contributed by atoms with Crippen molar-refractivity contribution in [3.05, 3.63) is 0 Å². The van der Waals surface area contributed by atoms with Crippen molar-refractivity contribution in [1.29, 1.82) is 0 Å². The van der Waals surface area contributed by atoms with E-state index in [0.717, 1.165) is 0 Å². The second-order valence-corrected chi connectivity index (χ2v) is 7.19. The lowest BCUT2D eigenvalue weighted by Gasteiger charge is -2.28. The first-order valence-corrected chi connectivity index (χ1v) is 7.58. The van der Waals surface area contributed by atoms with Gasteiger partial charge in [-0.05, 0) is 41.2 Å².